The highest BCUT2D eigenvalue weighted by atomic mass is 16.5. The van der Waals surface area contributed by atoms with Crippen LogP contribution < -0.4 is 5.32 Å². The lowest BCUT2D eigenvalue weighted by Crippen LogP contribution is -2.41. The summed E-state index contributed by atoms with van der Waals surface area (Å²) in [6.07, 6.45) is 7.31. The van der Waals surface area contributed by atoms with Gasteiger partial charge in [-0.2, -0.15) is 5.10 Å². The highest BCUT2D eigenvalue weighted by Gasteiger charge is 2.45. The van der Waals surface area contributed by atoms with Crippen LogP contribution in [0, 0.1) is 10.8 Å². The number of nitrogens with one attached hydrogen (secondary N) is 1. The molecule has 0 radical (unpaired) electrons. The maximum Gasteiger partial charge on any atom is 0.255 e. The van der Waals surface area contributed by atoms with Gasteiger partial charge in [-0.1, -0.05) is 37.3 Å². The van der Waals surface area contributed by atoms with E-state index in [0.717, 1.165) is 75.4 Å². The Morgan fingerprint density at radius 1 is 1.14 bits per heavy atom. The van der Waals surface area contributed by atoms with E-state index in [1.165, 1.54) is 18.4 Å². The minimum absolute atomic E-state index is 0.0689. The van der Waals surface area contributed by atoms with Crippen molar-refractivity contribution < 1.29 is 9.53 Å². The highest BCUT2D eigenvalue weighted by Crippen LogP contribution is 2.50. The van der Waals surface area contributed by atoms with Crippen molar-refractivity contribution in [3.63, 3.8) is 0 Å². The number of carbonyl (C=O) groups is 1. The van der Waals surface area contributed by atoms with Crippen LogP contribution in [0.15, 0.2) is 30.3 Å². The van der Waals surface area contributed by atoms with Crippen molar-refractivity contribution in [2.24, 2.45) is 10.8 Å². The number of hydrogen-bond donors (Lipinski definition) is 1. The molecule has 0 unspecified atom stereocenters. The van der Waals surface area contributed by atoms with Gasteiger partial charge in [0.2, 0.25) is 0 Å². The van der Waals surface area contributed by atoms with E-state index in [1.807, 2.05) is 0 Å². The number of benzene rings is 1. The first kappa shape index (κ1) is 18.9. The SMILES string of the molecule is CCc1nn(CC2(Cc3ccccc3)CC2)c2c1C(=O)NCC1(CCOCC1)C2. The van der Waals surface area contributed by atoms with E-state index >= 15 is 0 Å². The fourth-order valence-corrected chi connectivity index (χ4v) is 5.22. The molecule has 2 aromatic rings. The number of hydrogen-bond acceptors (Lipinski definition) is 3. The zero-order valence-corrected chi connectivity index (χ0v) is 17.4. The van der Waals surface area contributed by atoms with Crippen molar-refractivity contribution in [3.8, 4) is 0 Å². The van der Waals surface area contributed by atoms with Crippen LogP contribution in [0.3, 0.4) is 0 Å². The molecule has 0 atom stereocenters. The first-order chi connectivity index (χ1) is 14.1. The number of ether oxygens (including phenoxy) is 1. The van der Waals surface area contributed by atoms with Crippen molar-refractivity contribution in [2.75, 3.05) is 19.8 Å². The molecule has 5 heteroatoms. The Labute approximate surface area is 172 Å². The number of aromatic nitrogens is 2. The molecule has 154 valence electrons. The molecule has 1 aromatic heterocycles. The largest absolute Gasteiger partial charge is 0.381 e. The molecule has 1 saturated carbocycles. The molecule has 1 amide bonds. The van der Waals surface area contributed by atoms with Crippen molar-refractivity contribution in [1.82, 2.24) is 15.1 Å². The molecular weight excluding hydrogens is 362 g/mol. The van der Waals surface area contributed by atoms with Crippen LogP contribution in [0.4, 0.5) is 0 Å². The molecule has 5 rings (SSSR count). The predicted octanol–water partition coefficient (Wildman–Crippen LogP) is 3.55. The minimum atomic E-state index is 0.0689. The molecule has 2 aliphatic heterocycles. The third-order valence-electron chi connectivity index (χ3n) is 7.28. The summed E-state index contributed by atoms with van der Waals surface area (Å²) in [5, 5.41) is 8.19. The topological polar surface area (TPSA) is 56.2 Å². The third kappa shape index (κ3) is 3.61. The van der Waals surface area contributed by atoms with Crippen LogP contribution in [0.5, 0.6) is 0 Å². The molecule has 1 aliphatic carbocycles. The Bertz CT molecular complexity index is 892. The van der Waals surface area contributed by atoms with Gasteiger partial charge in [0, 0.05) is 26.3 Å². The van der Waals surface area contributed by atoms with Gasteiger partial charge >= 0.3 is 0 Å². The molecule has 1 saturated heterocycles. The number of aryl methyl sites for hydroxylation is 1. The minimum Gasteiger partial charge on any atom is -0.381 e. The second-order valence-electron chi connectivity index (χ2n) is 9.41. The fraction of sp³-hybridized carbons (Fsp3) is 0.583. The van der Waals surface area contributed by atoms with Crippen LogP contribution in [-0.2, 0) is 30.5 Å². The normalized spacial score (nSPS) is 22.0. The van der Waals surface area contributed by atoms with Gasteiger partial charge in [0.1, 0.15) is 0 Å². The third-order valence-corrected chi connectivity index (χ3v) is 7.28. The number of fused-ring (bicyclic) bond motifs is 1. The number of carbonyl (C=O) groups excluding carboxylic acids is 1. The molecule has 5 nitrogen and oxygen atoms in total. The van der Waals surface area contributed by atoms with Gasteiger partial charge in [-0.05, 0) is 61.3 Å². The Morgan fingerprint density at radius 3 is 2.59 bits per heavy atom. The molecule has 29 heavy (non-hydrogen) atoms. The second-order valence-corrected chi connectivity index (χ2v) is 9.41. The van der Waals surface area contributed by atoms with E-state index in [4.69, 9.17) is 9.84 Å². The van der Waals surface area contributed by atoms with E-state index in [2.05, 4.69) is 47.3 Å². The predicted molar refractivity (Wildman–Crippen MR) is 112 cm³/mol. The van der Waals surface area contributed by atoms with E-state index in [1.54, 1.807) is 0 Å². The summed E-state index contributed by atoms with van der Waals surface area (Å²) in [7, 11) is 0. The lowest BCUT2D eigenvalue weighted by Gasteiger charge is -2.36. The van der Waals surface area contributed by atoms with E-state index < -0.39 is 0 Å². The van der Waals surface area contributed by atoms with Gasteiger partial charge in [-0.25, -0.2) is 0 Å². The average molecular weight is 394 g/mol. The van der Waals surface area contributed by atoms with Gasteiger partial charge in [-0.3, -0.25) is 9.48 Å². The summed E-state index contributed by atoms with van der Waals surface area (Å²) >= 11 is 0. The summed E-state index contributed by atoms with van der Waals surface area (Å²) < 4.78 is 7.85. The summed E-state index contributed by atoms with van der Waals surface area (Å²) in [6, 6.07) is 10.8. The van der Waals surface area contributed by atoms with E-state index in [9.17, 15) is 4.79 Å². The Kier molecular flexibility index (Phi) is 4.73. The molecule has 3 aliphatic rings. The maximum absolute atomic E-state index is 13.0. The Hall–Kier alpha value is -2.14. The molecule has 1 N–H and O–H groups in total. The summed E-state index contributed by atoms with van der Waals surface area (Å²) in [6.45, 7) is 5.36. The molecule has 1 spiro atoms. The second kappa shape index (κ2) is 7.28. The Morgan fingerprint density at radius 2 is 1.90 bits per heavy atom. The van der Waals surface area contributed by atoms with E-state index in [0.29, 0.717) is 0 Å². The van der Waals surface area contributed by atoms with Crippen LogP contribution in [0.2, 0.25) is 0 Å². The van der Waals surface area contributed by atoms with Gasteiger partial charge in [0.05, 0.1) is 17.0 Å². The standard InChI is InChI=1S/C24H31N3O2/c1-2-19-21-20(15-23(16-25-22(21)28)10-12-29-13-11-23)27(26-19)17-24(8-9-24)14-18-6-4-3-5-7-18/h3-7H,2,8-17H2,1H3,(H,25,28). The quantitative estimate of drug-likeness (QED) is 0.845. The molecule has 3 heterocycles. The van der Waals surface area contributed by atoms with Crippen molar-refractivity contribution in [1.29, 1.82) is 0 Å². The molecular formula is C24H31N3O2. The van der Waals surface area contributed by atoms with Crippen LogP contribution in [-0.4, -0.2) is 35.4 Å². The first-order valence-corrected chi connectivity index (χ1v) is 11.1. The average Bonchev–Trinajstić information content (AvgIpc) is 3.44. The zero-order valence-electron chi connectivity index (χ0n) is 17.4. The monoisotopic (exact) mass is 393 g/mol. The van der Waals surface area contributed by atoms with E-state index in [-0.39, 0.29) is 16.7 Å². The highest BCUT2D eigenvalue weighted by molar-refractivity contribution is 5.97. The van der Waals surface area contributed by atoms with Crippen LogP contribution >= 0.6 is 0 Å². The molecule has 1 aromatic carbocycles. The zero-order chi connectivity index (χ0) is 19.9. The van der Waals surface area contributed by atoms with Gasteiger partial charge in [-0.15, -0.1) is 0 Å². The fourth-order valence-electron chi connectivity index (χ4n) is 5.22. The van der Waals surface area contributed by atoms with Crippen molar-refractivity contribution in [3.05, 3.63) is 52.8 Å². The number of nitrogens with zero attached hydrogens (tertiary/aromatic N) is 2. The number of amides is 1. The van der Waals surface area contributed by atoms with Gasteiger partial charge in [0.25, 0.3) is 5.91 Å². The first-order valence-electron chi connectivity index (χ1n) is 11.1. The van der Waals surface area contributed by atoms with Crippen molar-refractivity contribution >= 4 is 5.91 Å². The van der Waals surface area contributed by atoms with Crippen LogP contribution in [0.25, 0.3) is 0 Å². The lowest BCUT2D eigenvalue weighted by molar-refractivity contribution is 0.0151. The smallest absolute Gasteiger partial charge is 0.255 e. The summed E-state index contributed by atoms with van der Waals surface area (Å²) in [4.78, 5) is 13.0. The van der Waals surface area contributed by atoms with Crippen molar-refractivity contribution in [2.45, 2.75) is 58.4 Å². The van der Waals surface area contributed by atoms with Crippen LogP contribution in [0.1, 0.15) is 59.9 Å². The van der Waals surface area contributed by atoms with Gasteiger partial charge in [0.15, 0.2) is 0 Å². The summed E-state index contributed by atoms with van der Waals surface area (Å²) in [5.74, 6) is 0.0689. The molecule has 2 fully saturated rings. The molecule has 0 bridgehead atoms. The summed E-state index contributed by atoms with van der Waals surface area (Å²) in [5.41, 5.74) is 4.77. The van der Waals surface area contributed by atoms with Gasteiger partial charge < -0.3 is 10.1 Å². The lowest BCUT2D eigenvalue weighted by atomic mass is 9.76. The maximum atomic E-state index is 13.0. The Balaban J connectivity index is 1.47. The number of rotatable bonds is 5.